The molecule has 10 rings (SSSR count). The SMILES string of the molecule is c1ccc(-c2ccc(-c3nc(-n4c5ccccc5c5c6c7ccccc7sc6c6ccccc6c54)nc4ccccc34)cc2)cc1. The Morgan fingerprint density at radius 2 is 1.04 bits per heavy atom. The van der Waals surface area contributed by atoms with Crippen molar-refractivity contribution in [2.75, 3.05) is 0 Å². The highest BCUT2D eigenvalue weighted by atomic mass is 32.1. The van der Waals surface area contributed by atoms with E-state index in [9.17, 15) is 0 Å². The van der Waals surface area contributed by atoms with Gasteiger partial charge >= 0.3 is 0 Å². The molecule has 0 aliphatic heterocycles. The molecule has 0 aliphatic rings. The fourth-order valence-corrected chi connectivity index (χ4v) is 8.41. The minimum atomic E-state index is 0.677. The molecule has 0 fully saturated rings. The molecule has 46 heavy (non-hydrogen) atoms. The minimum absolute atomic E-state index is 0.677. The largest absolute Gasteiger partial charge is 0.277 e. The molecule has 3 nitrogen and oxygen atoms in total. The molecule has 4 heteroatoms. The molecule has 0 unspecified atom stereocenters. The maximum atomic E-state index is 5.41. The average Bonchev–Trinajstić information content (AvgIpc) is 3.68. The average molecular weight is 604 g/mol. The van der Waals surface area contributed by atoms with E-state index < -0.39 is 0 Å². The molecule has 3 aromatic heterocycles. The second kappa shape index (κ2) is 9.83. The van der Waals surface area contributed by atoms with Crippen LogP contribution >= 0.6 is 11.3 Å². The molecule has 0 spiro atoms. The van der Waals surface area contributed by atoms with Gasteiger partial charge in [0.1, 0.15) is 0 Å². The predicted molar refractivity (Wildman–Crippen MR) is 195 cm³/mol. The maximum absolute atomic E-state index is 5.41. The number of benzene rings is 7. The van der Waals surface area contributed by atoms with Gasteiger partial charge in [0.25, 0.3) is 0 Å². The summed E-state index contributed by atoms with van der Waals surface area (Å²) >= 11 is 1.88. The Morgan fingerprint density at radius 3 is 1.87 bits per heavy atom. The highest BCUT2D eigenvalue weighted by molar-refractivity contribution is 7.27. The fraction of sp³-hybridized carbons (Fsp3) is 0. The molecular formula is C42H25N3S. The zero-order valence-corrected chi connectivity index (χ0v) is 25.5. The number of thiophene rings is 1. The van der Waals surface area contributed by atoms with Gasteiger partial charge in [0.2, 0.25) is 5.95 Å². The number of hydrogen-bond donors (Lipinski definition) is 0. The van der Waals surface area contributed by atoms with Crippen LogP contribution in [0.15, 0.2) is 152 Å². The molecule has 0 aliphatic carbocycles. The zero-order valence-electron chi connectivity index (χ0n) is 24.7. The number of aromatic nitrogens is 3. The summed E-state index contributed by atoms with van der Waals surface area (Å²) in [6.45, 7) is 0. The van der Waals surface area contributed by atoms with Crippen LogP contribution in [-0.4, -0.2) is 14.5 Å². The Hall–Kier alpha value is -5.84. The lowest BCUT2D eigenvalue weighted by molar-refractivity contribution is 1.02. The summed E-state index contributed by atoms with van der Waals surface area (Å²) < 4.78 is 4.92. The second-order valence-corrected chi connectivity index (χ2v) is 12.8. The number of fused-ring (bicyclic) bond motifs is 11. The Morgan fingerprint density at radius 1 is 0.435 bits per heavy atom. The lowest BCUT2D eigenvalue weighted by atomic mass is 10.00. The van der Waals surface area contributed by atoms with Gasteiger partial charge in [-0.05, 0) is 29.3 Å². The van der Waals surface area contributed by atoms with Gasteiger partial charge in [0.05, 0.1) is 22.2 Å². The Balaban J connectivity index is 1.33. The molecule has 7 aromatic carbocycles. The van der Waals surface area contributed by atoms with E-state index in [1.807, 2.05) is 11.3 Å². The molecule has 0 radical (unpaired) electrons. The van der Waals surface area contributed by atoms with Gasteiger partial charge in [-0.3, -0.25) is 4.57 Å². The van der Waals surface area contributed by atoms with Crippen LogP contribution in [0.1, 0.15) is 0 Å². The molecule has 3 heterocycles. The van der Waals surface area contributed by atoms with Crippen LogP contribution in [0.5, 0.6) is 0 Å². The normalized spacial score (nSPS) is 11.9. The monoisotopic (exact) mass is 603 g/mol. The topological polar surface area (TPSA) is 30.7 Å². The van der Waals surface area contributed by atoms with Crippen molar-refractivity contribution in [1.29, 1.82) is 0 Å². The summed E-state index contributed by atoms with van der Waals surface area (Å²) in [5, 5.41) is 8.57. The third-order valence-corrected chi connectivity index (χ3v) is 10.4. The second-order valence-electron chi connectivity index (χ2n) is 11.8. The molecule has 0 atom stereocenters. The highest BCUT2D eigenvalue weighted by Gasteiger charge is 2.23. The van der Waals surface area contributed by atoms with E-state index in [0.29, 0.717) is 5.95 Å². The third kappa shape index (κ3) is 3.65. The van der Waals surface area contributed by atoms with Crippen molar-refractivity contribution in [3.8, 4) is 28.3 Å². The first-order valence-electron chi connectivity index (χ1n) is 15.5. The van der Waals surface area contributed by atoms with Gasteiger partial charge in [0, 0.05) is 52.7 Å². The predicted octanol–water partition coefficient (Wildman–Crippen LogP) is 11.6. The van der Waals surface area contributed by atoms with Crippen molar-refractivity contribution in [2.24, 2.45) is 0 Å². The number of nitrogens with zero attached hydrogens (tertiary/aromatic N) is 3. The van der Waals surface area contributed by atoms with Gasteiger partial charge in [-0.1, -0.05) is 133 Å². The molecule has 0 bridgehead atoms. The summed E-state index contributed by atoms with van der Waals surface area (Å²) in [5.41, 5.74) is 7.55. The van der Waals surface area contributed by atoms with E-state index in [1.165, 1.54) is 52.8 Å². The van der Waals surface area contributed by atoms with E-state index in [1.54, 1.807) is 0 Å². The van der Waals surface area contributed by atoms with Crippen molar-refractivity contribution in [3.63, 3.8) is 0 Å². The van der Waals surface area contributed by atoms with Crippen LogP contribution in [0.2, 0.25) is 0 Å². The van der Waals surface area contributed by atoms with Gasteiger partial charge < -0.3 is 0 Å². The van der Waals surface area contributed by atoms with Gasteiger partial charge in [0.15, 0.2) is 0 Å². The van der Waals surface area contributed by atoms with E-state index in [-0.39, 0.29) is 0 Å². The van der Waals surface area contributed by atoms with Crippen LogP contribution in [0.4, 0.5) is 0 Å². The van der Waals surface area contributed by atoms with Crippen molar-refractivity contribution >= 4 is 75.0 Å². The summed E-state index contributed by atoms with van der Waals surface area (Å²) in [6, 6.07) is 53.9. The molecule has 214 valence electrons. The molecule has 10 aromatic rings. The van der Waals surface area contributed by atoms with Crippen LogP contribution < -0.4 is 0 Å². The summed E-state index contributed by atoms with van der Waals surface area (Å²) in [7, 11) is 0. The first-order chi connectivity index (χ1) is 22.8. The lowest BCUT2D eigenvalue weighted by Crippen LogP contribution is -2.03. The van der Waals surface area contributed by atoms with Crippen molar-refractivity contribution in [1.82, 2.24) is 14.5 Å². The van der Waals surface area contributed by atoms with Crippen LogP contribution in [-0.2, 0) is 0 Å². The van der Waals surface area contributed by atoms with Crippen LogP contribution in [0, 0.1) is 0 Å². The number of hydrogen-bond acceptors (Lipinski definition) is 3. The fourth-order valence-electron chi connectivity index (χ4n) is 7.16. The number of para-hydroxylation sites is 2. The minimum Gasteiger partial charge on any atom is -0.277 e. The Labute approximate surface area is 268 Å². The van der Waals surface area contributed by atoms with Gasteiger partial charge in [-0.2, -0.15) is 0 Å². The lowest BCUT2D eigenvalue weighted by Gasteiger charge is -2.13. The van der Waals surface area contributed by atoms with Gasteiger partial charge in [-0.25, -0.2) is 9.97 Å². The van der Waals surface area contributed by atoms with E-state index >= 15 is 0 Å². The standard InChI is InChI=1S/C42H25N3S/c1-2-12-26(13-3-1)27-22-24-28(25-23-27)39-31-16-6-9-19-34(31)43-42(44-39)45-35-20-10-7-17-32(35)37-38-33-18-8-11-21-36(33)46-41(38)30-15-5-4-14-29(30)40(37)45/h1-25H. The maximum Gasteiger partial charge on any atom is 0.235 e. The molecule has 0 amide bonds. The van der Waals surface area contributed by atoms with Gasteiger partial charge in [-0.15, -0.1) is 11.3 Å². The van der Waals surface area contributed by atoms with Crippen LogP contribution in [0.3, 0.4) is 0 Å². The van der Waals surface area contributed by atoms with E-state index in [4.69, 9.17) is 9.97 Å². The quantitative estimate of drug-likeness (QED) is 0.201. The summed E-state index contributed by atoms with van der Waals surface area (Å²) in [5.74, 6) is 0.677. The van der Waals surface area contributed by atoms with Crippen molar-refractivity contribution in [3.05, 3.63) is 152 Å². The third-order valence-electron chi connectivity index (χ3n) is 9.20. The Bertz CT molecular complexity index is 2790. The highest BCUT2D eigenvalue weighted by Crippen LogP contribution is 2.47. The zero-order chi connectivity index (χ0) is 30.2. The smallest absolute Gasteiger partial charge is 0.235 e. The molecular weight excluding hydrogens is 579 g/mol. The molecule has 0 saturated carbocycles. The molecule has 0 saturated heterocycles. The van der Waals surface area contributed by atoms with E-state index in [0.717, 1.165) is 33.2 Å². The van der Waals surface area contributed by atoms with E-state index in [2.05, 4.69) is 156 Å². The van der Waals surface area contributed by atoms with Crippen molar-refractivity contribution < 1.29 is 0 Å². The van der Waals surface area contributed by atoms with Crippen LogP contribution in [0.25, 0.3) is 92.0 Å². The number of rotatable bonds is 3. The molecule has 0 N–H and O–H groups in total. The summed E-state index contributed by atoms with van der Waals surface area (Å²) in [6.07, 6.45) is 0. The summed E-state index contributed by atoms with van der Waals surface area (Å²) in [4.78, 5) is 10.7. The Kier molecular flexibility index (Phi) is 5.45. The first kappa shape index (κ1) is 25.5. The first-order valence-corrected chi connectivity index (χ1v) is 16.3. The van der Waals surface area contributed by atoms with Crippen molar-refractivity contribution in [2.45, 2.75) is 0 Å².